The molecule has 0 aliphatic carbocycles. The molecule has 110 valence electrons. The van der Waals surface area contributed by atoms with Gasteiger partial charge in [-0.3, -0.25) is 0 Å². The van der Waals surface area contributed by atoms with Crippen molar-refractivity contribution >= 4 is 11.7 Å². The molecular weight excluding hydrogens is 254 g/mol. The van der Waals surface area contributed by atoms with Gasteiger partial charge < -0.3 is 14.8 Å². The highest BCUT2D eigenvalue weighted by atomic mass is 16.5. The van der Waals surface area contributed by atoms with E-state index in [1.807, 2.05) is 45.0 Å². The Balaban J connectivity index is 2.28. The average molecular weight is 277 g/mol. The van der Waals surface area contributed by atoms with E-state index in [-0.39, 0.29) is 11.6 Å². The monoisotopic (exact) mass is 277 g/mol. The number of rotatable bonds is 3. The van der Waals surface area contributed by atoms with Crippen LogP contribution in [0.2, 0.25) is 0 Å². The Morgan fingerprint density at radius 1 is 1.30 bits per heavy atom. The van der Waals surface area contributed by atoms with Crippen molar-refractivity contribution in [3.05, 3.63) is 29.8 Å². The maximum Gasteiger partial charge on any atom is 0.331 e. The molecule has 0 bridgehead atoms. The van der Waals surface area contributed by atoms with E-state index in [2.05, 4.69) is 5.32 Å². The highest BCUT2D eigenvalue weighted by Gasteiger charge is 2.47. The van der Waals surface area contributed by atoms with Crippen molar-refractivity contribution in [3.63, 3.8) is 0 Å². The lowest BCUT2D eigenvalue weighted by atomic mass is 9.81. The molecule has 1 fully saturated rings. The fourth-order valence-corrected chi connectivity index (χ4v) is 2.81. The zero-order valence-electron chi connectivity index (χ0n) is 12.7. The maximum atomic E-state index is 12.3. The molecule has 0 radical (unpaired) electrons. The number of methoxy groups -OCH3 is 1. The van der Waals surface area contributed by atoms with Crippen molar-refractivity contribution in [2.75, 3.05) is 19.0 Å². The first-order valence-electron chi connectivity index (χ1n) is 6.94. The Bertz CT molecular complexity index is 481. The SMILES string of the molecule is COC(=O)C1(Nc2ccc(C)cc2)CCOC(C)(C)C1. The highest BCUT2D eigenvalue weighted by Crippen LogP contribution is 2.35. The van der Waals surface area contributed by atoms with Gasteiger partial charge in [0.15, 0.2) is 0 Å². The van der Waals surface area contributed by atoms with Crippen molar-refractivity contribution in [1.29, 1.82) is 0 Å². The molecule has 1 N–H and O–H groups in total. The number of ether oxygens (including phenoxy) is 2. The number of anilines is 1. The molecule has 4 heteroatoms. The van der Waals surface area contributed by atoms with E-state index in [4.69, 9.17) is 9.47 Å². The minimum absolute atomic E-state index is 0.227. The van der Waals surface area contributed by atoms with Gasteiger partial charge in [-0.1, -0.05) is 17.7 Å². The van der Waals surface area contributed by atoms with Crippen LogP contribution < -0.4 is 5.32 Å². The van der Waals surface area contributed by atoms with E-state index in [1.54, 1.807) is 0 Å². The molecule has 0 saturated carbocycles. The summed E-state index contributed by atoms with van der Waals surface area (Å²) in [6.07, 6.45) is 1.19. The lowest BCUT2D eigenvalue weighted by Gasteiger charge is -2.43. The summed E-state index contributed by atoms with van der Waals surface area (Å²) in [6, 6.07) is 8.03. The van der Waals surface area contributed by atoms with Crippen LogP contribution >= 0.6 is 0 Å². The van der Waals surface area contributed by atoms with Crippen LogP contribution in [0.1, 0.15) is 32.3 Å². The molecule has 1 aromatic carbocycles. The van der Waals surface area contributed by atoms with Gasteiger partial charge in [0, 0.05) is 18.5 Å². The molecule has 1 atom stereocenters. The predicted octanol–water partition coefficient (Wildman–Crippen LogP) is 2.91. The van der Waals surface area contributed by atoms with Crippen molar-refractivity contribution in [2.45, 2.75) is 44.8 Å². The Morgan fingerprint density at radius 3 is 2.50 bits per heavy atom. The van der Waals surface area contributed by atoms with Gasteiger partial charge in [0.2, 0.25) is 0 Å². The normalized spacial score (nSPS) is 25.0. The second kappa shape index (κ2) is 5.44. The second-order valence-corrected chi connectivity index (χ2v) is 6.10. The molecule has 0 amide bonds. The van der Waals surface area contributed by atoms with E-state index >= 15 is 0 Å². The molecule has 1 aliphatic rings. The van der Waals surface area contributed by atoms with Crippen LogP contribution in [-0.2, 0) is 14.3 Å². The Morgan fingerprint density at radius 2 is 1.95 bits per heavy atom. The number of hydrogen-bond acceptors (Lipinski definition) is 4. The molecule has 4 nitrogen and oxygen atoms in total. The van der Waals surface area contributed by atoms with Crippen molar-refractivity contribution < 1.29 is 14.3 Å². The summed E-state index contributed by atoms with van der Waals surface area (Å²) in [5.41, 5.74) is 1.06. The molecule has 1 aromatic rings. The van der Waals surface area contributed by atoms with Gasteiger partial charge in [0.25, 0.3) is 0 Å². The van der Waals surface area contributed by atoms with Gasteiger partial charge in [-0.2, -0.15) is 0 Å². The summed E-state index contributed by atoms with van der Waals surface area (Å²) in [6.45, 7) is 6.58. The summed E-state index contributed by atoms with van der Waals surface area (Å²) in [5.74, 6) is -0.227. The molecular formula is C16H23NO3. The summed E-state index contributed by atoms with van der Waals surface area (Å²) in [5, 5.41) is 3.37. The van der Waals surface area contributed by atoms with Crippen LogP contribution in [0.25, 0.3) is 0 Å². The Hall–Kier alpha value is -1.55. The van der Waals surface area contributed by atoms with Gasteiger partial charge in [0.05, 0.1) is 19.3 Å². The molecule has 2 rings (SSSR count). The smallest absolute Gasteiger partial charge is 0.331 e. The molecule has 1 heterocycles. The van der Waals surface area contributed by atoms with Crippen molar-refractivity contribution in [3.8, 4) is 0 Å². The number of carbonyl (C=O) groups is 1. The molecule has 20 heavy (non-hydrogen) atoms. The van der Waals surface area contributed by atoms with Gasteiger partial charge >= 0.3 is 5.97 Å². The van der Waals surface area contributed by atoms with E-state index < -0.39 is 5.54 Å². The average Bonchev–Trinajstić information content (AvgIpc) is 2.39. The van der Waals surface area contributed by atoms with E-state index in [1.165, 1.54) is 12.7 Å². The zero-order valence-corrected chi connectivity index (χ0v) is 12.7. The quantitative estimate of drug-likeness (QED) is 0.863. The summed E-state index contributed by atoms with van der Waals surface area (Å²) in [4.78, 5) is 12.3. The van der Waals surface area contributed by atoms with Crippen LogP contribution in [0.4, 0.5) is 5.69 Å². The molecule has 1 unspecified atom stereocenters. The fourth-order valence-electron chi connectivity index (χ4n) is 2.81. The number of esters is 1. The zero-order chi connectivity index (χ0) is 14.8. The topological polar surface area (TPSA) is 47.6 Å². The number of hydrogen-bond donors (Lipinski definition) is 1. The Labute approximate surface area is 120 Å². The molecule has 1 aliphatic heterocycles. The van der Waals surface area contributed by atoms with E-state index in [0.717, 1.165) is 5.69 Å². The Kier molecular flexibility index (Phi) is 4.04. The summed E-state index contributed by atoms with van der Waals surface area (Å²) >= 11 is 0. The number of benzene rings is 1. The van der Waals surface area contributed by atoms with Gasteiger partial charge in [0.1, 0.15) is 5.54 Å². The van der Waals surface area contributed by atoms with Gasteiger partial charge in [-0.05, 0) is 32.9 Å². The van der Waals surface area contributed by atoms with Crippen molar-refractivity contribution in [1.82, 2.24) is 0 Å². The second-order valence-electron chi connectivity index (χ2n) is 6.10. The van der Waals surface area contributed by atoms with E-state index in [9.17, 15) is 4.79 Å². The third-order valence-electron chi connectivity index (χ3n) is 3.76. The predicted molar refractivity (Wildman–Crippen MR) is 78.8 cm³/mol. The van der Waals surface area contributed by atoms with Crippen LogP contribution in [0, 0.1) is 6.92 Å². The first-order valence-corrected chi connectivity index (χ1v) is 6.94. The number of nitrogens with one attached hydrogen (secondary N) is 1. The lowest BCUT2D eigenvalue weighted by molar-refractivity contribution is -0.156. The molecule has 0 aromatic heterocycles. The van der Waals surface area contributed by atoms with Gasteiger partial charge in [-0.15, -0.1) is 0 Å². The maximum absolute atomic E-state index is 12.3. The molecule has 0 spiro atoms. The van der Waals surface area contributed by atoms with Crippen molar-refractivity contribution in [2.24, 2.45) is 0 Å². The third-order valence-corrected chi connectivity index (χ3v) is 3.76. The third kappa shape index (κ3) is 3.12. The molecule has 1 saturated heterocycles. The summed E-state index contributed by atoms with van der Waals surface area (Å²) in [7, 11) is 1.43. The number of aryl methyl sites for hydroxylation is 1. The standard InChI is InChI=1S/C16H23NO3/c1-12-5-7-13(8-6-12)17-16(14(18)19-4)9-10-20-15(2,3)11-16/h5-8,17H,9-11H2,1-4H3. The minimum atomic E-state index is -0.717. The lowest BCUT2D eigenvalue weighted by Crippen LogP contribution is -2.56. The van der Waals surface area contributed by atoms with Gasteiger partial charge in [-0.25, -0.2) is 4.79 Å². The van der Waals surface area contributed by atoms with Crippen LogP contribution in [0.3, 0.4) is 0 Å². The van der Waals surface area contributed by atoms with Crippen LogP contribution in [-0.4, -0.2) is 30.8 Å². The summed E-state index contributed by atoms with van der Waals surface area (Å²) < 4.78 is 10.7. The fraction of sp³-hybridized carbons (Fsp3) is 0.562. The first-order chi connectivity index (χ1) is 9.37. The largest absolute Gasteiger partial charge is 0.467 e. The van der Waals surface area contributed by atoms with Crippen LogP contribution in [0.5, 0.6) is 0 Å². The highest BCUT2D eigenvalue weighted by molar-refractivity contribution is 5.85. The minimum Gasteiger partial charge on any atom is -0.467 e. The number of carbonyl (C=O) groups excluding carboxylic acids is 1. The van der Waals surface area contributed by atoms with Crippen LogP contribution in [0.15, 0.2) is 24.3 Å². The van der Waals surface area contributed by atoms with E-state index in [0.29, 0.717) is 19.4 Å². The first kappa shape index (κ1) is 14.9.